The van der Waals surface area contributed by atoms with E-state index >= 15 is 0 Å². The van der Waals surface area contributed by atoms with Crippen molar-refractivity contribution in [2.75, 3.05) is 13.1 Å². The minimum absolute atomic E-state index is 0.112. The number of thiophene rings is 1. The van der Waals surface area contributed by atoms with E-state index in [4.69, 9.17) is 4.74 Å². The van der Waals surface area contributed by atoms with Gasteiger partial charge >= 0.3 is 0 Å². The number of carbonyl (C=O) groups excluding carboxylic acids is 1. The topological polar surface area (TPSA) is 49.8 Å². The SMILES string of the molecule is Cc1ccsc1C=C1Oc2c(ccc(O)c2CN2C[C@H](C)C[C@@H](C)C2)C1=O. The third-order valence-corrected chi connectivity index (χ3v) is 6.37. The number of phenols is 1. The molecule has 2 aromatic rings. The van der Waals surface area contributed by atoms with E-state index in [9.17, 15) is 9.90 Å². The fourth-order valence-electron chi connectivity index (χ4n) is 4.25. The molecular formula is C22H25NO3S. The van der Waals surface area contributed by atoms with Crippen LogP contribution in [0.25, 0.3) is 6.08 Å². The average molecular weight is 384 g/mol. The zero-order chi connectivity index (χ0) is 19.1. The number of Topliss-reactive ketones (excluding diaryl/α,β-unsaturated/α-hetero) is 1. The first-order valence-electron chi connectivity index (χ1n) is 9.48. The number of benzene rings is 1. The van der Waals surface area contributed by atoms with Crippen LogP contribution in [0.15, 0.2) is 29.3 Å². The zero-order valence-corrected chi connectivity index (χ0v) is 16.8. The lowest BCUT2D eigenvalue weighted by Crippen LogP contribution is -2.38. The van der Waals surface area contributed by atoms with Gasteiger partial charge in [0, 0.05) is 30.6 Å². The van der Waals surface area contributed by atoms with Gasteiger partial charge in [0.2, 0.25) is 5.78 Å². The highest BCUT2D eigenvalue weighted by molar-refractivity contribution is 7.11. The summed E-state index contributed by atoms with van der Waals surface area (Å²) in [4.78, 5) is 16.2. The molecule has 1 saturated heterocycles. The highest BCUT2D eigenvalue weighted by Crippen LogP contribution is 2.41. The lowest BCUT2D eigenvalue weighted by atomic mass is 9.91. The van der Waals surface area contributed by atoms with E-state index in [0.29, 0.717) is 41.0 Å². The number of hydrogen-bond donors (Lipinski definition) is 1. The van der Waals surface area contributed by atoms with Crippen LogP contribution in [-0.4, -0.2) is 28.9 Å². The average Bonchev–Trinajstić information content (AvgIpc) is 3.14. The second kappa shape index (κ2) is 7.13. The molecule has 0 radical (unpaired) electrons. The summed E-state index contributed by atoms with van der Waals surface area (Å²) in [6, 6.07) is 5.31. The van der Waals surface area contributed by atoms with E-state index in [1.165, 1.54) is 6.42 Å². The van der Waals surface area contributed by atoms with Crippen LogP contribution >= 0.6 is 11.3 Å². The minimum Gasteiger partial charge on any atom is -0.507 e. The second-order valence-corrected chi connectivity index (χ2v) is 8.94. The lowest BCUT2D eigenvalue weighted by Gasteiger charge is -2.35. The van der Waals surface area contributed by atoms with Gasteiger partial charge in [0.1, 0.15) is 11.5 Å². The van der Waals surface area contributed by atoms with E-state index in [-0.39, 0.29) is 11.5 Å². The van der Waals surface area contributed by atoms with Gasteiger partial charge in [-0.1, -0.05) is 13.8 Å². The number of ether oxygens (including phenoxy) is 1. The molecule has 3 heterocycles. The number of nitrogens with zero attached hydrogens (tertiary/aromatic N) is 1. The molecule has 142 valence electrons. The Hall–Kier alpha value is -2.11. The quantitative estimate of drug-likeness (QED) is 0.769. The van der Waals surface area contributed by atoms with Crippen LogP contribution in [0.2, 0.25) is 0 Å². The maximum Gasteiger partial charge on any atom is 0.232 e. The van der Waals surface area contributed by atoms with E-state index in [1.54, 1.807) is 23.5 Å². The van der Waals surface area contributed by atoms with Crippen molar-refractivity contribution in [2.45, 2.75) is 33.7 Å². The Morgan fingerprint density at radius 1 is 1.26 bits per heavy atom. The fraction of sp³-hybridized carbons (Fsp3) is 0.409. The molecule has 1 aromatic heterocycles. The minimum atomic E-state index is -0.112. The van der Waals surface area contributed by atoms with Crippen molar-refractivity contribution < 1.29 is 14.6 Å². The number of likely N-dealkylation sites (tertiary alicyclic amines) is 1. The van der Waals surface area contributed by atoms with Crippen molar-refractivity contribution >= 4 is 23.2 Å². The lowest BCUT2D eigenvalue weighted by molar-refractivity contribution is 0.101. The third kappa shape index (κ3) is 3.54. The van der Waals surface area contributed by atoms with Crippen LogP contribution in [0.1, 0.15) is 46.6 Å². The van der Waals surface area contributed by atoms with Gasteiger partial charge in [0.25, 0.3) is 0 Å². The molecule has 1 aromatic carbocycles. The Kier molecular flexibility index (Phi) is 4.82. The van der Waals surface area contributed by atoms with Crippen molar-refractivity contribution in [3.05, 3.63) is 50.9 Å². The van der Waals surface area contributed by atoms with Crippen LogP contribution in [0, 0.1) is 18.8 Å². The number of allylic oxidation sites excluding steroid dienone is 1. The monoisotopic (exact) mass is 383 g/mol. The van der Waals surface area contributed by atoms with E-state index < -0.39 is 0 Å². The molecule has 4 nitrogen and oxygen atoms in total. The van der Waals surface area contributed by atoms with Crippen molar-refractivity contribution in [1.82, 2.24) is 4.90 Å². The fourth-order valence-corrected chi connectivity index (χ4v) is 5.09. The van der Waals surface area contributed by atoms with Gasteiger partial charge in [0.05, 0.1) is 11.1 Å². The number of phenolic OH excluding ortho intramolecular Hbond substituents is 1. The van der Waals surface area contributed by atoms with Gasteiger partial charge in [-0.2, -0.15) is 0 Å². The van der Waals surface area contributed by atoms with Crippen LogP contribution in [0.5, 0.6) is 11.5 Å². The van der Waals surface area contributed by atoms with Gasteiger partial charge < -0.3 is 9.84 Å². The summed E-state index contributed by atoms with van der Waals surface area (Å²) < 4.78 is 5.99. The Labute approximate surface area is 164 Å². The molecule has 0 spiro atoms. The summed E-state index contributed by atoms with van der Waals surface area (Å²) >= 11 is 1.59. The van der Waals surface area contributed by atoms with Crippen molar-refractivity contribution in [2.24, 2.45) is 11.8 Å². The summed E-state index contributed by atoms with van der Waals surface area (Å²) in [5.74, 6) is 2.20. The molecule has 1 N–H and O–H groups in total. The number of fused-ring (bicyclic) bond motifs is 1. The number of rotatable bonds is 3. The molecule has 5 heteroatoms. The van der Waals surface area contributed by atoms with Gasteiger partial charge in [-0.05, 0) is 54.3 Å². The number of piperidine rings is 1. The van der Waals surface area contributed by atoms with Gasteiger partial charge in [-0.15, -0.1) is 11.3 Å². The van der Waals surface area contributed by atoms with E-state index in [1.807, 2.05) is 24.4 Å². The van der Waals surface area contributed by atoms with E-state index in [2.05, 4.69) is 18.7 Å². The first-order chi connectivity index (χ1) is 12.9. The predicted molar refractivity (Wildman–Crippen MR) is 108 cm³/mol. The standard InChI is InChI=1S/C22H25NO3S/c1-13-8-14(2)11-23(10-13)12-17-18(24)5-4-16-21(25)19(26-22(16)17)9-20-15(3)6-7-27-20/h4-7,9,13-14,24H,8,10-12H2,1-3H3/t13-,14-/m1/s1. The Balaban J connectivity index is 1.65. The Morgan fingerprint density at radius 3 is 2.67 bits per heavy atom. The Bertz CT molecular complexity index is 904. The maximum absolute atomic E-state index is 12.8. The summed E-state index contributed by atoms with van der Waals surface area (Å²) in [5.41, 5.74) is 2.38. The molecule has 4 rings (SSSR count). The summed E-state index contributed by atoms with van der Waals surface area (Å²) in [5, 5.41) is 12.5. The molecular weight excluding hydrogens is 358 g/mol. The predicted octanol–water partition coefficient (Wildman–Crippen LogP) is 4.86. The van der Waals surface area contributed by atoms with Crippen LogP contribution < -0.4 is 4.74 Å². The molecule has 1 fully saturated rings. The number of aromatic hydroxyl groups is 1. The molecule has 0 unspecified atom stereocenters. The third-order valence-electron chi connectivity index (χ3n) is 5.41. The molecule has 2 aliphatic heterocycles. The molecule has 0 bridgehead atoms. The largest absolute Gasteiger partial charge is 0.507 e. The maximum atomic E-state index is 12.8. The van der Waals surface area contributed by atoms with Crippen molar-refractivity contribution in [1.29, 1.82) is 0 Å². The van der Waals surface area contributed by atoms with Crippen LogP contribution in [-0.2, 0) is 6.54 Å². The number of ketones is 1. The normalized spacial score (nSPS) is 24.3. The summed E-state index contributed by atoms with van der Waals surface area (Å²) in [6.45, 7) is 9.15. The number of carbonyl (C=O) groups is 1. The highest BCUT2D eigenvalue weighted by Gasteiger charge is 2.32. The molecule has 2 atom stereocenters. The number of aryl methyl sites for hydroxylation is 1. The van der Waals surface area contributed by atoms with Gasteiger partial charge in [-0.3, -0.25) is 9.69 Å². The molecule has 0 saturated carbocycles. The van der Waals surface area contributed by atoms with Gasteiger partial charge in [0.15, 0.2) is 5.76 Å². The highest BCUT2D eigenvalue weighted by atomic mass is 32.1. The molecule has 2 aliphatic rings. The van der Waals surface area contributed by atoms with Crippen LogP contribution in [0.3, 0.4) is 0 Å². The molecule has 27 heavy (non-hydrogen) atoms. The van der Waals surface area contributed by atoms with Crippen molar-refractivity contribution in [3.63, 3.8) is 0 Å². The zero-order valence-electron chi connectivity index (χ0n) is 16.0. The molecule has 0 amide bonds. The van der Waals surface area contributed by atoms with Crippen molar-refractivity contribution in [3.8, 4) is 11.5 Å². The number of hydrogen-bond acceptors (Lipinski definition) is 5. The summed E-state index contributed by atoms with van der Waals surface area (Å²) in [7, 11) is 0. The smallest absolute Gasteiger partial charge is 0.232 e. The van der Waals surface area contributed by atoms with E-state index in [0.717, 1.165) is 23.5 Å². The van der Waals surface area contributed by atoms with Gasteiger partial charge in [-0.25, -0.2) is 0 Å². The first kappa shape index (κ1) is 18.3. The molecule has 0 aliphatic carbocycles. The second-order valence-electron chi connectivity index (χ2n) is 7.99. The Morgan fingerprint density at radius 2 is 2.00 bits per heavy atom. The van der Waals surface area contributed by atoms with Crippen LogP contribution in [0.4, 0.5) is 0 Å². The first-order valence-corrected chi connectivity index (χ1v) is 10.4. The summed E-state index contributed by atoms with van der Waals surface area (Å²) in [6.07, 6.45) is 3.05.